The lowest BCUT2D eigenvalue weighted by Gasteiger charge is -2.15. The van der Waals surface area contributed by atoms with E-state index in [1.807, 2.05) is 25.1 Å². The molecule has 2 aromatic carbocycles. The number of hydrogen-bond acceptors (Lipinski definition) is 3. The fraction of sp³-hybridized carbons (Fsp3) is 0.188. The van der Waals surface area contributed by atoms with Gasteiger partial charge in [0.1, 0.15) is 11.5 Å². The van der Waals surface area contributed by atoms with Crippen LogP contribution in [0, 0.1) is 6.92 Å². The van der Waals surface area contributed by atoms with Gasteiger partial charge in [-0.05, 0) is 47.9 Å². The van der Waals surface area contributed by atoms with E-state index in [1.54, 1.807) is 32.4 Å². The summed E-state index contributed by atoms with van der Waals surface area (Å²) in [7, 11) is 3.21. The third-order valence-electron chi connectivity index (χ3n) is 3.03. The Morgan fingerprint density at radius 3 is 2.15 bits per heavy atom. The zero-order valence-electron chi connectivity index (χ0n) is 11.6. The highest BCUT2D eigenvalue weighted by atomic mass is 35.5. The Labute approximate surface area is 123 Å². The Bertz CT molecular complexity index is 625. The van der Waals surface area contributed by atoms with Crippen LogP contribution in [0.15, 0.2) is 36.4 Å². The average Bonchev–Trinajstić information content (AvgIpc) is 2.46. The Morgan fingerprint density at radius 2 is 1.65 bits per heavy atom. The maximum atomic E-state index is 11.3. The van der Waals surface area contributed by atoms with Crippen molar-refractivity contribution < 1.29 is 14.3 Å². The molecule has 0 aromatic heterocycles. The topological polar surface area (TPSA) is 35.5 Å². The molecule has 0 heterocycles. The zero-order chi connectivity index (χ0) is 14.7. The molecule has 0 N–H and O–H groups in total. The molecule has 20 heavy (non-hydrogen) atoms. The van der Waals surface area contributed by atoms with Gasteiger partial charge >= 0.3 is 0 Å². The maximum absolute atomic E-state index is 11.3. The van der Waals surface area contributed by atoms with Gasteiger partial charge in [-0.2, -0.15) is 0 Å². The maximum Gasteiger partial charge on any atom is 0.252 e. The highest BCUT2D eigenvalue weighted by molar-refractivity contribution is 6.67. The largest absolute Gasteiger partial charge is 0.496 e. The fourth-order valence-corrected chi connectivity index (χ4v) is 2.24. The number of benzene rings is 2. The number of carbonyl (C=O) groups excluding carboxylic acids is 1. The van der Waals surface area contributed by atoms with Crippen LogP contribution in [0.25, 0.3) is 11.1 Å². The molecule has 0 saturated carbocycles. The lowest BCUT2D eigenvalue weighted by Crippen LogP contribution is -1.96. The highest BCUT2D eigenvalue weighted by Gasteiger charge is 2.15. The van der Waals surface area contributed by atoms with E-state index in [4.69, 9.17) is 21.1 Å². The summed E-state index contributed by atoms with van der Waals surface area (Å²) in [6.45, 7) is 1.97. The van der Waals surface area contributed by atoms with Crippen molar-refractivity contribution in [2.45, 2.75) is 6.92 Å². The van der Waals surface area contributed by atoms with Gasteiger partial charge in [0.25, 0.3) is 5.24 Å². The predicted octanol–water partition coefficient (Wildman–Crippen LogP) is 4.06. The van der Waals surface area contributed by atoms with Gasteiger partial charge in [-0.3, -0.25) is 4.79 Å². The Kier molecular flexibility index (Phi) is 4.30. The van der Waals surface area contributed by atoms with E-state index >= 15 is 0 Å². The standard InChI is InChI=1S/C16H15ClO3/c1-10-7-13(19-2)15(14(8-10)20-3)11-5-4-6-12(9-11)16(17)18/h4-9H,1-3H3. The zero-order valence-corrected chi connectivity index (χ0v) is 12.3. The second-order valence-electron chi connectivity index (χ2n) is 4.40. The molecule has 0 aliphatic carbocycles. The third kappa shape index (κ3) is 2.78. The first-order valence-electron chi connectivity index (χ1n) is 6.09. The van der Waals surface area contributed by atoms with Crippen LogP contribution in [0.5, 0.6) is 11.5 Å². The van der Waals surface area contributed by atoms with E-state index in [9.17, 15) is 4.79 Å². The lowest BCUT2D eigenvalue weighted by atomic mass is 10.00. The van der Waals surface area contributed by atoms with Gasteiger partial charge in [0.05, 0.1) is 19.8 Å². The molecule has 0 fully saturated rings. The molecule has 2 rings (SSSR count). The van der Waals surface area contributed by atoms with Crippen molar-refractivity contribution in [2.75, 3.05) is 14.2 Å². The quantitative estimate of drug-likeness (QED) is 0.797. The first-order chi connectivity index (χ1) is 9.56. The first kappa shape index (κ1) is 14.4. The van der Waals surface area contributed by atoms with Crippen LogP contribution >= 0.6 is 11.6 Å². The van der Waals surface area contributed by atoms with Gasteiger partial charge in [-0.15, -0.1) is 0 Å². The molecule has 0 saturated heterocycles. The van der Waals surface area contributed by atoms with Crippen molar-refractivity contribution in [3.63, 3.8) is 0 Å². The van der Waals surface area contributed by atoms with Gasteiger partial charge in [-0.25, -0.2) is 0 Å². The predicted molar refractivity (Wildman–Crippen MR) is 79.9 cm³/mol. The summed E-state index contributed by atoms with van der Waals surface area (Å²) in [4.78, 5) is 11.3. The minimum atomic E-state index is -0.489. The number of halogens is 1. The number of aryl methyl sites for hydroxylation is 1. The van der Waals surface area contributed by atoms with Crippen molar-refractivity contribution in [3.8, 4) is 22.6 Å². The van der Waals surface area contributed by atoms with E-state index in [-0.39, 0.29) is 0 Å². The summed E-state index contributed by atoms with van der Waals surface area (Å²) < 4.78 is 10.9. The van der Waals surface area contributed by atoms with Gasteiger partial charge in [-0.1, -0.05) is 18.2 Å². The molecule has 0 atom stereocenters. The minimum absolute atomic E-state index is 0.439. The minimum Gasteiger partial charge on any atom is -0.496 e. The Balaban J connectivity index is 2.67. The summed E-state index contributed by atoms with van der Waals surface area (Å²) in [5.74, 6) is 1.39. The molecule has 0 unspecified atom stereocenters. The van der Waals surface area contributed by atoms with Crippen molar-refractivity contribution in [1.82, 2.24) is 0 Å². The monoisotopic (exact) mass is 290 g/mol. The molecule has 0 spiro atoms. The smallest absolute Gasteiger partial charge is 0.252 e. The van der Waals surface area contributed by atoms with Crippen molar-refractivity contribution in [2.24, 2.45) is 0 Å². The van der Waals surface area contributed by atoms with E-state index < -0.39 is 5.24 Å². The van der Waals surface area contributed by atoms with Crippen molar-refractivity contribution >= 4 is 16.8 Å². The molecule has 0 aliphatic rings. The van der Waals surface area contributed by atoms with Crippen LogP contribution in [-0.4, -0.2) is 19.5 Å². The van der Waals surface area contributed by atoms with Gasteiger partial charge in [0.15, 0.2) is 0 Å². The average molecular weight is 291 g/mol. The Morgan fingerprint density at radius 1 is 1.05 bits per heavy atom. The molecule has 4 heteroatoms. The van der Waals surface area contributed by atoms with Crippen LogP contribution in [0.3, 0.4) is 0 Å². The molecule has 104 valence electrons. The molecule has 0 radical (unpaired) electrons. The van der Waals surface area contributed by atoms with E-state index in [2.05, 4.69) is 0 Å². The second kappa shape index (κ2) is 5.97. The summed E-state index contributed by atoms with van der Waals surface area (Å²) >= 11 is 5.53. The van der Waals surface area contributed by atoms with Crippen LogP contribution in [-0.2, 0) is 0 Å². The van der Waals surface area contributed by atoms with Gasteiger partial charge < -0.3 is 9.47 Å². The summed E-state index contributed by atoms with van der Waals surface area (Å²) in [6, 6.07) is 10.9. The van der Waals surface area contributed by atoms with Gasteiger partial charge in [0.2, 0.25) is 0 Å². The third-order valence-corrected chi connectivity index (χ3v) is 3.25. The SMILES string of the molecule is COc1cc(C)cc(OC)c1-c1cccc(C(=O)Cl)c1. The van der Waals surface area contributed by atoms with Crippen LogP contribution in [0.4, 0.5) is 0 Å². The molecule has 2 aromatic rings. The lowest BCUT2D eigenvalue weighted by molar-refractivity contribution is 0.108. The molecule has 0 bridgehead atoms. The first-order valence-corrected chi connectivity index (χ1v) is 6.47. The number of carbonyl (C=O) groups is 1. The Hall–Kier alpha value is -2.00. The van der Waals surface area contributed by atoms with Crippen LogP contribution in [0.1, 0.15) is 15.9 Å². The highest BCUT2D eigenvalue weighted by Crippen LogP contribution is 2.39. The summed E-state index contributed by atoms with van der Waals surface area (Å²) in [5.41, 5.74) is 3.10. The molecular weight excluding hydrogens is 276 g/mol. The number of methoxy groups -OCH3 is 2. The van der Waals surface area contributed by atoms with Gasteiger partial charge in [0, 0.05) is 5.56 Å². The van der Waals surface area contributed by atoms with Crippen LogP contribution in [0.2, 0.25) is 0 Å². The van der Waals surface area contributed by atoms with E-state index in [0.717, 1.165) is 16.7 Å². The fourth-order valence-electron chi connectivity index (χ4n) is 2.12. The van der Waals surface area contributed by atoms with Crippen LogP contribution < -0.4 is 9.47 Å². The van der Waals surface area contributed by atoms with Crippen molar-refractivity contribution in [3.05, 3.63) is 47.5 Å². The molecule has 3 nitrogen and oxygen atoms in total. The number of hydrogen-bond donors (Lipinski definition) is 0. The molecule has 0 aliphatic heterocycles. The second-order valence-corrected chi connectivity index (χ2v) is 4.74. The summed E-state index contributed by atoms with van der Waals surface area (Å²) in [5, 5.41) is -0.489. The number of rotatable bonds is 4. The van der Waals surface area contributed by atoms with Crippen molar-refractivity contribution in [1.29, 1.82) is 0 Å². The number of ether oxygens (including phenoxy) is 2. The molecule has 0 amide bonds. The van der Waals surface area contributed by atoms with E-state index in [1.165, 1.54) is 0 Å². The normalized spacial score (nSPS) is 10.2. The van der Waals surface area contributed by atoms with E-state index in [0.29, 0.717) is 17.1 Å². The summed E-state index contributed by atoms with van der Waals surface area (Å²) in [6.07, 6.45) is 0. The molecular formula is C16H15ClO3.